The maximum Gasteiger partial charge on any atom is 0.350 e. The van der Waals surface area contributed by atoms with Gasteiger partial charge in [-0.05, 0) is 19.9 Å². The van der Waals surface area contributed by atoms with Crippen LogP contribution in [0.5, 0.6) is 0 Å². The molecule has 0 spiro atoms. The average Bonchev–Trinajstić information content (AvgIpc) is 2.78. The van der Waals surface area contributed by atoms with Crippen molar-refractivity contribution in [1.82, 2.24) is 4.98 Å². The van der Waals surface area contributed by atoms with Gasteiger partial charge in [0.15, 0.2) is 0 Å². The smallest absolute Gasteiger partial charge is 0.350 e. The van der Waals surface area contributed by atoms with E-state index < -0.39 is 0 Å². The third-order valence-corrected chi connectivity index (χ3v) is 3.13. The zero-order valence-electron chi connectivity index (χ0n) is 9.77. The van der Waals surface area contributed by atoms with Crippen molar-refractivity contribution in [3.05, 3.63) is 40.2 Å². The third-order valence-electron chi connectivity index (χ3n) is 2.32. The van der Waals surface area contributed by atoms with Crippen LogP contribution < -0.4 is 0 Å². The molecular weight excluding hydrogens is 234 g/mol. The van der Waals surface area contributed by atoms with Crippen LogP contribution in [0, 0.1) is 6.92 Å². The average molecular weight is 247 g/mol. The van der Waals surface area contributed by atoms with Crippen molar-refractivity contribution in [3.8, 4) is 11.3 Å². The van der Waals surface area contributed by atoms with E-state index in [4.69, 9.17) is 4.74 Å². The normalized spacial score (nSPS) is 10.2. The summed E-state index contributed by atoms with van der Waals surface area (Å²) < 4.78 is 5.01. The van der Waals surface area contributed by atoms with Crippen molar-refractivity contribution in [1.29, 1.82) is 0 Å². The maximum atomic E-state index is 11.7. The lowest BCUT2D eigenvalue weighted by Crippen LogP contribution is -2.03. The van der Waals surface area contributed by atoms with E-state index in [-0.39, 0.29) is 5.97 Å². The fourth-order valence-corrected chi connectivity index (χ4v) is 2.29. The predicted octanol–water partition coefficient (Wildman–Crippen LogP) is 3.30. The van der Waals surface area contributed by atoms with Gasteiger partial charge < -0.3 is 4.74 Å². The SMILES string of the molecule is CCOC(=O)c1scnc1-c1cccc(C)c1. The first-order valence-electron chi connectivity index (χ1n) is 5.40. The van der Waals surface area contributed by atoms with E-state index in [0.29, 0.717) is 17.2 Å². The zero-order valence-corrected chi connectivity index (χ0v) is 10.6. The minimum absolute atomic E-state index is 0.300. The molecule has 1 heterocycles. The lowest BCUT2D eigenvalue weighted by molar-refractivity contribution is 0.0532. The Labute approximate surface area is 104 Å². The number of carbonyl (C=O) groups is 1. The number of hydrogen-bond acceptors (Lipinski definition) is 4. The van der Waals surface area contributed by atoms with Gasteiger partial charge in [0, 0.05) is 5.56 Å². The van der Waals surface area contributed by atoms with Gasteiger partial charge in [0.25, 0.3) is 0 Å². The molecule has 2 aromatic rings. The highest BCUT2D eigenvalue weighted by Gasteiger charge is 2.16. The highest BCUT2D eigenvalue weighted by atomic mass is 32.1. The number of aromatic nitrogens is 1. The summed E-state index contributed by atoms with van der Waals surface area (Å²) in [6, 6.07) is 7.93. The number of ether oxygens (including phenoxy) is 1. The van der Waals surface area contributed by atoms with Crippen LogP contribution in [-0.4, -0.2) is 17.6 Å². The summed E-state index contributed by atoms with van der Waals surface area (Å²) in [6.45, 7) is 4.19. The van der Waals surface area contributed by atoms with Crippen LogP contribution in [0.1, 0.15) is 22.2 Å². The van der Waals surface area contributed by atoms with E-state index in [1.54, 1.807) is 12.4 Å². The highest BCUT2D eigenvalue weighted by Crippen LogP contribution is 2.26. The minimum Gasteiger partial charge on any atom is -0.462 e. The summed E-state index contributed by atoms with van der Waals surface area (Å²) in [5.74, 6) is -0.300. The van der Waals surface area contributed by atoms with Gasteiger partial charge >= 0.3 is 5.97 Å². The fraction of sp³-hybridized carbons (Fsp3) is 0.231. The number of benzene rings is 1. The first kappa shape index (κ1) is 11.8. The molecule has 0 radical (unpaired) electrons. The molecule has 0 bridgehead atoms. The molecule has 1 aromatic carbocycles. The first-order chi connectivity index (χ1) is 8.22. The Morgan fingerprint density at radius 2 is 2.29 bits per heavy atom. The van der Waals surface area contributed by atoms with Crippen LogP contribution >= 0.6 is 11.3 Å². The second-order valence-electron chi connectivity index (χ2n) is 3.62. The summed E-state index contributed by atoms with van der Waals surface area (Å²) in [4.78, 5) is 16.5. The lowest BCUT2D eigenvalue weighted by Gasteiger charge is -2.03. The number of esters is 1. The molecule has 3 nitrogen and oxygen atoms in total. The molecule has 0 saturated heterocycles. The number of rotatable bonds is 3. The van der Waals surface area contributed by atoms with E-state index >= 15 is 0 Å². The molecule has 0 fully saturated rings. The van der Waals surface area contributed by atoms with Crippen LogP contribution in [0.15, 0.2) is 29.8 Å². The van der Waals surface area contributed by atoms with E-state index in [1.807, 2.05) is 31.2 Å². The maximum absolute atomic E-state index is 11.7. The Morgan fingerprint density at radius 3 is 3.00 bits per heavy atom. The zero-order chi connectivity index (χ0) is 12.3. The summed E-state index contributed by atoms with van der Waals surface area (Å²) in [6.07, 6.45) is 0. The molecule has 0 saturated carbocycles. The Morgan fingerprint density at radius 1 is 1.47 bits per heavy atom. The van der Waals surface area contributed by atoms with E-state index in [2.05, 4.69) is 4.98 Å². The predicted molar refractivity (Wildman–Crippen MR) is 68.2 cm³/mol. The van der Waals surface area contributed by atoms with Gasteiger partial charge in [-0.2, -0.15) is 0 Å². The van der Waals surface area contributed by atoms with Crippen LogP contribution in [0.2, 0.25) is 0 Å². The standard InChI is InChI=1S/C13H13NO2S/c1-3-16-13(15)12-11(14-8-17-12)10-6-4-5-9(2)7-10/h4-8H,3H2,1-2H3. The van der Waals surface area contributed by atoms with Gasteiger partial charge in [0.2, 0.25) is 0 Å². The summed E-state index contributed by atoms with van der Waals surface area (Å²) in [5, 5.41) is 0. The Balaban J connectivity index is 2.40. The Bertz CT molecular complexity index is 534. The van der Waals surface area contributed by atoms with Crippen molar-refractivity contribution in [3.63, 3.8) is 0 Å². The summed E-state index contributed by atoms with van der Waals surface area (Å²) >= 11 is 1.31. The van der Waals surface area contributed by atoms with Gasteiger partial charge in [0.1, 0.15) is 4.88 Å². The second-order valence-corrected chi connectivity index (χ2v) is 4.47. The van der Waals surface area contributed by atoms with Gasteiger partial charge in [0.05, 0.1) is 17.8 Å². The molecule has 17 heavy (non-hydrogen) atoms. The molecule has 0 unspecified atom stereocenters. The molecule has 0 aliphatic heterocycles. The lowest BCUT2D eigenvalue weighted by atomic mass is 10.1. The third kappa shape index (κ3) is 2.53. The van der Waals surface area contributed by atoms with Crippen LogP contribution in [0.25, 0.3) is 11.3 Å². The van der Waals surface area contributed by atoms with E-state index in [9.17, 15) is 4.79 Å². The van der Waals surface area contributed by atoms with Crippen LogP contribution in [0.4, 0.5) is 0 Å². The second kappa shape index (κ2) is 5.10. The molecule has 88 valence electrons. The number of hydrogen-bond donors (Lipinski definition) is 0. The van der Waals surface area contributed by atoms with Gasteiger partial charge in [-0.15, -0.1) is 11.3 Å². The van der Waals surface area contributed by atoms with Crippen molar-refractivity contribution < 1.29 is 9.53 Å². The number of aryl methyl sites for hydroxylation is 1. The molecule has 1 aromatic heterocycles. The van der Waals surface area contributed by atoms with Gasteiger partial charge in [-0.3, -0.25) is 0 Å². The van der Waals surface area contributed by atoms with Crippen molar-refractivity contribution >= 4 is 17.3 Å². The molecule has 0 amide bonds. The topological polar surface area (TPSA) is 39.2 Å². The van der Waals surface area contributed by atoms with Gasteiger partial charge in [-0.25, -0.2) is 9.78 Å². The number of nitrogens with zero attached hydrogens (tertiary/aromatic N) is 1. The monoisotopic (exact) mass is 247 g/mol. The van der Waals surface area contributed by atoms with Gasteiger partial charge in [-0.1, -0.05) is 23.8 Å². The first-order valence-corrected chi connectivity index (χ1v) is 6.28. The molecule has 0 aliphatic rings. The molecule has 0 atom stereocenters. The number of thiazole rings is 1. The molecule has 0 N–H and O–H groups in total. The Kier molecular flexibility index (Phi) is 3.54. The van der Waals surface area contributed by atoms with Crippen LogP contribution in [-0.2, 0) is 4.74 Å². The number of carbonyl (C=O) groups excluding carboxylic acids is 1. The van der Waals surface area contributed by atoms with E-state index in [0.717, 1.165) is 11.1 Å². The molecule has 2 rings (SSSR count). The van der Waals surface area contributed by atoms with Crippen molar-refractivity contribution in [2.45, 2.75) is 13.8 Å². The largest absolute Gasteiger partial charge is 0.462 e. The quantitative estimate of drug-likeness (QED) is 0.781. The minimum atomic E-state index is -0.300. The van der Waals surface area contributed by atoms with Crippen molar-refractivity contribution in [2.75, 3.05) is 6.61 Å². The molecular formula is C13H13NO2S. The fourth-order valence-electron chi connectivity index (χ4n) is 1.59. The summed E-state index contributed by atoms with van der Waals surface area (Å²) in [7, 11) is 0. The van der Waals surface area contributed by atoms with Crippen LogP contribution in [0.3, 0.4) is 0 Å². The van der Waals surface area contributed by atoms with E-state index in [1.165, 1.54) is 11.3 Å². The van der Waals surface area contributed by atoms with Crippen molar-refractivity contribution in [2.24, 2.45) is 0 Å². The summed E-state index contributed by atoms with van der Waals surface area (Å²) in [5.41, 5.74) is 4.47. The molecule has 4 heteroatoms. The molecule has 0 aliphatic carbocycles. The highest BCUT2D eigenvalue weighted by molar-refractivity contribution is 7.12. The Hall–Kier alpha value is -1.68.